The van der Waals surface area contributed by atoms with E-state index in [-0.39, 0.29) is 18.3 Å². The van der Waals surface area contributed by atoms with Gasteiger partial charge in [-0.1, -0.05) is 6.92 Å². The molecule has 112 valence electrons. The Morgan fingerprint density at radius 2 is 1.95 bits per heavy atom. The van der Waals surface area contributed by atoms with E-state index in [9.17, 15) is 9.90 Å². The molecule has 0 aromatic heterocycles. The third kappa shape index (κ3) is 1.84. The maximum absolute atomic E-state index is 12.4. The molecule has 20 heavy (non-hydrogen) atoms. The number of carbonyl (C=O) groups is 1. The minimum atomic E-state index is -0.187. The lowest BCUT2D eigenvalue weighted by molar-refractivity contribution is -0.185. The molecule has 4 nitrogen and oxygen atoms in total. The average molecular weight is 278 g/mol. The van der Waals surface area contributed by atoms with Crippen LogP contribution in [-0.2, 0) is 4.79 Å². The van der Waals surface area contributed by atoms with Crippen LogP contribution in [0.25, 0.3) is 0 Å². The van der Waals surface area contributed by atoms with Gasteiger partial charge in [-0.25, -0.2) is 0 Å². The van der Waals surface area contributed by atoms with Crippen LogP contribution >= 0.6 is 0 Å². The number of aliphatic hydroxyl groups excluding tert-OH is 1. The van der Waals surface area contributed by atoms with E-state index in [0.29, 0.717) is 23.9 Å². The lowest BCUT2D eigenvalue weighted by Gasteiger charge is -2.61. The van der Waals surface area contributed by atoms with Crippen LogP contribution in [0.3, 0.4) is 0 Å². The van der Waals surface area contributed by atoms with Crippen molar-refractivity contribution in [3.05, 3.63) is 0 Å². The van der Waals surface area contributed by atoms with Crippen molar-refractivity contribution in [2.45, 2.75) is 88.7 Å². The Labute approximate surface area is 121 Å². The fraction of sp³-hybridized carbons (Fsp3) is 0.938. The summed E-state index contributed by atoms with van der Waals surface area (Å²) in [6, 6.07) is 1.36. The van der Waals surface area contributed by atoms with Crippen molar-refractivity contribution in [1.29, 1.82) is 0 Å². The Morgan fingerprint density at radius 3 is 2.80 bits per heavy atom. The summed E-state index contributed by atoms with van der Waals surface area (Å²) in [4.78, 5) is 17.1. The minimum absolute atomic E-state index is 0.187. The fourth-order valence-electron chi connectivity index (χ4n) is 5.39. The monoisotopic (exact) mass is 278 g/mol. The van der Waals surface area contributed by atoms with E-state index in [4.69, 9.17) is 0 Å². The summed E-state index contributed by atoms with van der Waals surface area (Å²) >= 11 is 0. The molecule has 1 N–H and O–H groups in total. The molecule has 4 heteroatoms. The van der Waals surface area contributed by atoms with Crippen LogP contribution in [-0.4, -0.2) is 51.2 Å². The summed E-state index contributed by atoms with van der Waals surface area (Å²) in [5.41, 5.74) is 0. The largest absolute Gasteiger partial charge is 0.391 e. The molecule has 0 saturated carbocycles. The summed E-state index contributed by atoms with van der Waals surface area (Å²) in [7, 11) is 0. The van der Waals surface area contributed by atoms with Gasteiger partial charge in [0, 0.05) is 24.5 Å². The predicted octanol–water partition coefficient (Wildman–Crippen LogP) is 1.72. The Morgan fingerprint density at radius 1 is 1.10 bits per heavy atom. The van der Waals surface area contributed by atoms with Gasteiger partial charge < -0.3 is 10.0 Å². The van der Waals surface area contributed by atoms with Crippen LogP contribution in [0, 0.1) is 5.92 Å². The quantitative estimate of drug-likeness (QED) is 0.734. The SMILES string of the molecule is C[C@H]1C[C@@H]2C[C@@H]3CCCC(=O)N3[C@H]3CC[C@@H](O)[C@@H](C1)N23. The Bertz CT molecular complexity index is 413. The molecule has 6 atom stereocenters. The zero-order chi connectivity index (χ0) is 13.9. The molecule has 0 spiro atoms. The van der Waals surface area contributed by atoms with Crippen molar-refractivity contribution in [1.82, 2.24) is 9.80 Å². The Balaban J connectivity index is 1.68. The molecule has 4 heterocycles. The van der Waals surface area contributed by atoms with Gasteiger partial charge >= 0.3 is 0 Å². The number of nitrogens with zero attached hydrogens (tertiary/aromatic N) is 2. The van der Waals surface area contributed by atoms with Crippen LogP contribution in [0.15, 0.2) is 0 Å². The van der Waals surface area contributed by atoms with Crippen molar-refractivity contribution in [3.63, 3.8) is 0 Å². The molecule has 0 aliphatic carbocycles. The van der Waals surface area contributed by atoms with Crippen molar-refractivity contribution < 1.29 is 9.90 Å². The van der Waals surface area contributed by atoms with Gasteiger partial charge in [-0.15, -0.1) is 0 Å². The fourth-order valence-corrected chi connectivity index (χ4v) is 5.39. The van der Waals surface area contributed by atoms with Gasteiger partial charge in [0.2, 0.25) is 5.91 Å². The topological polar surface area (TPSA) is 43.8 Å². The molecule has 1 amide bonds. The third-order valence-electron chi connectivity index (χ3n) is 6.11. The van der Waals surface area contributed by atoms with Crippen LogP contribution in [0.1, 0.15) is 58.3 Å². The highest BCUT2D eigenvalue weighted by Gasteiger charge is 2.52. The third-order valence-corrected chi connectivity index (χ3v) is 6.11. The number of hydrogen-bond donors (Lipinski definition) is 1. The van der Waals surface area contributed by atoms with Gasteiger partial charge in [0.25, 0.3) is 0 Å². The van der Waals surface area contributed by atoms with E-state index < -0.39 is 0 Å². The van der Waals surface area contributed by atoms with Crippen LogP contribution in [0.2, 0.25) is 0 Å². The summed E-state index contributed by atoms with van der Waals surface area (Å²) in [6.07, 6.45) is 8.40. The predicted molar refractivity (Wildman–Crippen MR) is 75.9 cm³/mol. The maximum Gasteiger partial charge on any atom is 0.224 e. The van der Waals surface area contributed by atoms with Crippen LogP contribution < -0.4 is 0 Å². The normalized spacial score (nSPS) is 48.7. The van der Waals surface area contributed by atoms with E-state index in [2.05, 4.69) is 16.7 Å². The molecule has 0 unspecified atom stereocenters. The highest BCUT2D eigenvalue weighted by Crippen LogP contribution is 2.44. The number of hydrogen-bond acceptors (Lipinski definition) is 3. The molecule has 0 radical (unpaired) electrons. The van der Waals surface area contributed by atoms with Gasteiger partial charge in [-0.05, 0) is 50.9 Å². The molecule has 0 aromatic rings. The van der Waals surface area contributed by atoms with Gasteiger partial charge in [0.1, 0.15) is 0 Å². The number of rotatable bonds is 0. The lowest BCUT2D eigenvalue weighted by Crippen LogP contribution is -2.72. The molecule has 0 bridgehead atoms. The molecule has 4 fully saturated rings. The summed E-state index contributed by atoms with van der Waals surface area (Å²) in [6.45, 7) is 2.33. The van der Waals surface area contributed by atoms with Gasteiger partial charge in [0.15, 0.2) is 0 Å². The molecular formula is C16H26N2O2. The second kappa shape index (κ2) is 4.70. The maximum atomic E-state index is 12.4. The first-order valence-electron chi connectivity index (χ1n) is 8.42. The number of amides is 1. The number of fused-ring (bicyclic) bond motifs is 2. The van der Waals surface area contributed by atoms with Crippen LogP contribution in [0.4, 0.5) is 0 Å². The number of carbonyl (C=O) groups excluding carboxylic acids is 1. The molecule has 4 aliphatic heterocycles. The Kier molecular flexibility index (Phi) is 3.08. The summed E-state index contributed by atoms with van der Waals surface area (Å²) in [5.74, 6) is 1.07. The first kappa shape index (κ1) is 13.1. The van der Waals surface area contributed by atoms with E-state index in [0.717, 1.165) is 38.5 Å². The van der Waals surface area contributed by atoms with E-state index >= 15 is 0 Å². The highest BCUT2D eigenvalue weighted by atomic mass is 16.3. The van der Waals surface area contributed by atoms with Gasteiger partial charge in [0.05, 0.1) is 12.3 Å². The zero-order valence-electron chi connectivity index (χ0n) is 12.4. The van der Waals surface area contributed by atoms with Gasteiger partial charge in [-0.3, -0.25) is 9.69 Å². The first-order valence-corrected chi connectivity index (χ1v) is 8.42. The van der Waals surface area contributed by atoms with Gasteiger partial charge in [-0.2, -0.15) is 0 Å². The van der Waals surface area contributed by atoms with Crippen molar-refractivity contribution in [2.75, 3.05) is 0 Å². The second-order valence-electron chi connectivity index (χ2n) is 7.45. The smallest absolute Gasteiger partial charge is 0.224 e. The molecule has 4 saturated heterocycles. The minimum Gasteiger partial charge on any atom is -0.391 e. The number of aliphatic hydroxyl groups is 1. The lowest BCUT2D eigenvalue weighted by atomic mass is 9.75. The van der Waals surface area contributed by atoms with Crippen molar-refractivity contribution in [3.8, 4) is 0 Å². The molecule has 4 rings (SSSR count). The summed E-state index contributed by atoms with van der Waals surface area (Å²) in [5, 5.41) is 10.4. The van der Waals surface area contributed by atoms with Crippen molar-refractivity contribution in [2.24, 2.45) is 5.92 Å². The molecule has 4 aliphatic rings. The van der Waals surface area contributed by atoms with Crippen LogP contribution in [0.5, 0.6) is 0 Å². The standard InChI is InChI=1S/C16H26N2O2/c1-10-7-12-9-11-3-2-4-16(20)18(11)15-6-5-14(19)13(8-10)17(12)15/h10-15,19H,2-9H2,1H3/t10-,11-,12+,13+,14+,15-/m0/s1. The van der Waals surface area contributed by atoms with E-state index in [1.54, 1.807) is 0 Å². The average Bonchev–Trinajstić information content (AvgIpc) is 2.41. The number of piperidine rings is 3. The second-order valence-corrected chi connectivity index (χ2v) is 7.45. The zero-order valence-corrected chi connectivity index (χ0v) is 12.4. The summed E-state index contributed by atoms with van der Waals surface area (Å²) < 4.78 is 0. The molecular weight excluding hydrogens is 252 g/mol. The van der Waals surface area contributed by atoms with E-state index in [1.165, 1.54) is 12.8 Å². The molecule has 0 aromatic carbocycles. The van der Waals surface area contributed by atoms with Crippen molar-refractivity contribution >= 4 is 5.91 Å². The van der Waals surface area contributed by atoms with E-state index in [1.807, 2.05) is 0 Å². The Hall–Kier alpha value is -0.610. The first-order chi connectivity index (χ1) is 9.65. The highest BCUT2D eigenvalue weighted by molar-refractivity contribution is 5.77.